The molecule has 3 aromatic rings. The van der Waals surface area contributed by atoms with Crippen LogP contribution in [0.25, 0.3) is 5.65 Å². The van der Waals surface area contributed by atoms with Crippen LogP contribution < -0.4 is 5.32 Å². The number of imidazole rings is 1. The lowest BCUT2D eigenvalue weighted by Gasteiger charge is -2.06. The highest BCUT2D eigenvalue weighted by Gasteiger charge is 2.16. The third kappa shape index (κ3) is 3.78. The minimum absolute atomic E-state index is 0.0497. The summed E-state index contributed by atoms with van der Waals surface area (Å²) in [6.07, 6.45) is 3.21. The molecule has 1 amide bonds. The number of nitrogens with one attached hydrogen (secondary N) is 1. The maximum absolute atomic E-state index is 12.0. The topological polar surface area (TPSA) is 116 Å². The van der Waals surface area contributed by atoms with Crippen LogP contribution in [-0.2, 0) is 9.53 Å². The van der Waals surface area contributed by atoms with Gasteiger partial charge in [0.15, 0.2) is 12.3 Å². The summed E-state index contributed by atoms with van der Waals surface area (Å²) < 4.78 is 6.55. The zero-order valence-electron chi connectivity index (χ0n) is 13.1. The summed E-state index contributed by atoms with van der Waals surface area (Å²) in [5.41, 5.74) is 0.449. The summed E-state index contributed by atoms with van der Waals surface area (Å²) in [6, 6.07) is 9.08. The van der Waals surface area contributed by atoms with E-state index in [2.05, 4.69) is 10.3 Å². The molecule has 0 aliphatic rings. The fourth-order valence-corrected chi connectivity index (χ4v) is 2.35. The highest BCUT2D eigenvalue weighted by molar-refractivity contribution is 6.32. The normalized spacial score (nSPS) is 10.5. The highest BCUT2D eigenvalue weighted by Crippen LogP contribution is 2.27. The van der Waals surface area contributed by atoms with Gasteiger partial charge >= 0.3 is 5.97 Å². The van der Waals surface area contributed by atoms with Gasteiger partial charge in [-0.1, -0.05) is 17.7 Å². The SMILES string of the molecule is O=C(COC(=O)c1cn2ccccc2n1)Nc1ccc(Cl)c([N+](=O)[O-])c1. The zero-order valence-corrected chi connectivity index (χ0v) is 13.8. The molecule has 0 bridgehead atoms. The summed E-state index contributed by atoms with van der Waals surface area (Å²) in [5.74, 6) is -1.41. The lowest BCUT2D eigenvalue weighted by molar-refractivity contribution is -0.384. The van der Waals surface area contributed by atoms with Crippen LogP contribution in [0.3, 0.4) is 0 Å². The molecule has 0 aliphatic heterocycles. The number of hydrogen-bond donors (Lipinski definition) is 1. The van der Waals surface area contributed by atoms with Gasteiger partial charge in [-0.05, 0) is 24.3 Å². The monoisotopic (exact) mass is 374 g/mol. The molecule has 10 heteroatoms. The number of halogens is 1. The van der Waals surface area contributed by atoms with Crippen molar-refractivity contribution < 1.29 is 19.2 Å². The van der Waals surface area contributed by atoms with Crippen LogP contribution in [0, 0.1) is 10.1 Å². The molecule has 0 radical (unpaired) electrons. The molecule has 132 valence electrons. The number of aromatic nitrogens is 2. The molecule has 9 nitrogen and oxygen atoms in total. The Bertz CT molecular complexity index is 984. The lowest BCUT2D eigenvalue weighted by atomic mass is 10.3. The number of carbonyl (C=O) groups excluding carboxylic acids is 2. The van der Waals surface area contributed by atoms with Gasteiger partial charge in [-0.2, -0.15) is 0 Å². The largest absolute Gasteiger partial charge is 0.451 e. The number of hydrogen-bond acceptors (Lipinski definition) is 6. The zero-order chi connectivity index (χ0) is 18.7. The van der Waals surface area contributed by atoms with Crippen molar-refractivity contribution in [2.45, 2.75) is 0 Å². The number of ether oxygens (including phenoxy) is 1. The molecule has 0 saturated carbocycles. The van der Waals surface area contributed by atoms with E-state index in [-0.39, 0.29) is 22.1 Å². The second-order valence-electron chi connectivity index (χ2n) is 5.14. The van der Waals surface area contributed by atoms with Crippen molar-refractivity contribution in [3.8, 4) is 0 Å². The number of nitro benzene ring substituents is 1. The molecule has 3 rings (SSSR count). The van der Waals surface area contributed by atoms with Gasteiger partial charge in [-0.25, -0.2) is 9.78 Å². The van der Waals surface area contributed by atoms with Gasteiger partial charge in [-0.15, -0.1) is 0 Å². The van der Waals surface area contributed by atoms with Crippen LogP contribution in [0.1, 0.15) is 10.5 Å². The number of fused-ring (bicyclic) bond motifs is 1. The molecule has 0 atom stereocenters. The van der Waals surface area contributed by atoms with Gasteiger partial charge in [0.2, 0.25) is 0 Å². The van der Waals surface area contributed by atoms with Gasteiger partial charge in [0.1, 0.15) is 10.7 Å². The maximum Gasteiger partial charge on any atom is 0.359 e. The van der Waals surface area contributed by atoms with Gasteiger partial charge in [0, 0.05) is 24.1 Å². The number of nitrogens with zero attached hydrogens (tertiary/aromatic N) is 3. The first kappa shape index (κ1) is 17.4. The summed E-state index contributed by atoms with van der Waals surface area (Å²) in [4.78, 5) is 38.1. The molecular formula is C16H11ClN4O5. The van der Waals surface area contributed by atoms with Crippen molar-refractivity contribution in [2.75, 3.05) is 11.9 Å². The number of carbonyl (C=O) groups is 2. The summed E-state index contributed by atoms with van der Waals surface area (Å²) in [7, 11) is 0. The van der Waals surface area contributed by atoms with Crippen LogP contribution in [0.2, 0.25) is 5.02 Å². The van der Waals surface area contributed by atoms with E-state index in [4.69, 9.17) is 16.3 Å². The molecule has 1 N–H and O–H groups in total. The number of esters is 1. The van der Waals surface area contributed by atoms with E-state index in [1.54, 1.807) is 28.8 Å². The Morgan fingerprint density at radius 1 is 1.31 bits per heavy atom. The lowest BCUT2D eigenvalue weighted by Crippen LogP contribution is -2.21. The van der Waals surface area contributed by atoms with E-state index in [9.17, 15) is 19.7 Å². The Hall–Kier alpha value is -3.46. The van der Waals surface area contributed by atoms with Crippen molar-refractivity contribution >= 4 is 40.5 Å². The molecule has 0 fully saturated rings. The predicted octanol–water partition coefficient (Wildman–Crippen LogP) is 2.69. The standard InChI is InChI=1S/C16H11ClN4O5/c17-11-5-4-10(7-13(11)21(24)25)18-15(22)9-26-16(23)12-8-20-6-2-1-3-14(20)19-12/h1-8H,9H2,(H,18,22). The fraction of sp³-hybridized carbons (Fsp3) is 0.0625. The minimum Gasteiger partial charge on any atom is -0.451 e. The Balaban J connectivity index is 1.61. The number of rotatable bonds is 5. The first-order valence-corrected chi connectivity index (χ1v) is 7.66. The van der Waals surface area contributed by atoms with Gasteiger partial charge in [0.05, 0.1) is 4.92 Å². The summed E-state index contributed by atoms with van der Waals surface area (Å²) >= 11 is 5.70. The Labute approximate surface area is 151 Å². The van der Waals surface area contributed by atoms with Crippen LogP contribution >= 0.6 is 11.6 Å². The molecule has 0 spiro atoms. The quantitative estimate of drug-likeness (QED) is 0.417. The summed E-state index contributed by atoms with van der Waals surface area (Å²) in [5, 5.41) is 13.2. The van der Waals surface area contributed by atoms with E-state index in [1.807, 2.05) is 0 Å². The Morgan fingerprint density at radius 3 is 2.85 bits per heavy atom. The van der Waals surface area contributed by atoms with E-state index < -0.39 is 23.4 Å². The molecular weight excluding hydrogens is 364 g/mol. The molecule has 1 aromatic carbocycles. The van der Waals surface area contributed by atoms with Crippen molar-refractivity contribution in [1.82, 2.24) is 9.38 Å². The minimum atomic E-state index is -0.758. The molecule has 0 unspecified atom stereocenters. The first-order valence-electron chi connectivity index (χ1n) is 7.28. The van der Waals surface area contributed by atoms with E-state index in [0.29, 0.717) is 5.65 Å². The van der Waals surface area contributed by atoms with Crippen molar-refractivity contribution in [2.24, 2.45) is 0 Å². The smallest absolute Gasteiger partial charge is 0.359 e. The van der Waals surface area contributed by atoms with Crippen LogP contribution in [0.5, 0.6) is 0 Å². The first-order chi connectivity index (χ1) is 12.4. The number of benzene rings is 1. The van der Waals surface area contributed by atoms with Crippen molar-refractivity contribution in [1.29, 1.82) is 0 Å². The Kier molecular flexibility index (Phi) is 4.81. The van der Waals surface area contributed by atoms with E-state index in [0.717, 1.165) is 6.07 Å². The number of amides is 1. The third-order valence-electron chi connectivity index (χ3n) is 3.33. The maximum atomic E-state index is 12.0. The Morgan fingerprint density at radius 2 is 2.12 bits per heavy atom. The predicted molar refractivity (Wildman–Crippen MR) is 92.2 cm³/mol. The van der Waals surface area contributed by atoms with Gasteiger partial charge < -0.3 is 14.5 Å². The second kappa shape index (κ2) is 7.19. The number of nitro groups is 1. The van der Waals surface area contributed by atoms with Crippen LogP contribution in [-0.4, -0.2) is 32.8 Å². The molecule has 2 heterocycles. The van der Waals surface area contributed by atoms with E-state index >= 15 is 0 Å². The van der Waals surface area contributed by atoms with Crippen molar-refractivity contribution in [3.05, 3.63) is 69.6 Å². The third-order valence-corrected chi connectivity index (χ3v) is 3.65. The molecule has 0 aliphatic carbocycles. The summed E-state index contributed by atoms with van der Waals surface area (Å²) in [6.45, 7) is -0.566. The number of pyridine rings is 1. The van der Waals surface area contributed by atoms with Crippen LogP contribution in [0.15, 0.2) is 48.8 Å². The average Bonchev–Trinajstić information content (AvgIpc) is 3.05. The molecule has 0 saturated heterocycles. The fourth-order valence-electron chi connectivity index (χ4n) is 2.17. The number of anilines is 1. The highest BCUT2D eigenvalue weighted by atomic mass is 35.5. The van der Waals surface area contributed by atoms with Crippen molar-refractivity contribution in [3.63, 3.8) is 0 Å². The van der Waals surface area contributed by atoms with E-state index in [1.165, 1.54) is 18.3 Å². The average molecular weight is 375 g/mol. The van der Waals surface area contributed by atoms with Crippen LogP contribution in [0.4, 0.5) is 11.4 Å². The van der Waals surface area contributed by atoms with Gasteiger partial charge in [0.25, 0.3) is 11.6 Å². The molecule has 2 aromatic heterocycles. The second-order valence-corrected chi connectivity index (χ2v) is 5.55. The molecule has 26 heavy (non-hydrogen) atoms. The van der Waals surface area contributed by atoms with Gasteiger partial charge in [-0.3, -0.25) is 14.9 Å².